The first-order valence-corrected chi connectivity index (χ1v) is 7.83. The van der Waals surface area contributed by atoms with Gasteiger partial charge in [-0.15, -0.1) is 12.4 Å². The van der Waals surface area contributed by atoms with Crippen molar-refractivity contribution in [2.75, 3.05) is 27.9 Å². The molecule has 0 aliphatic heterocycles. The van der Waals surface area contributed by atoms with Crippen molar-refractivity contribution in [3.8, 4) is 0 Å². The van der Waals surface area contributed by atoms with Gasteiger partial charge in [-0.25, -0.2) is 0 Å². The largest absolute Gasteiger partial charge is 0.500 e. The van der Waals surface area contributed by atoms with E-state index in [1.54, 1.807) is 21.3 Å². The Balaban J connectivity index is 0. The summed E-state index contributed by atoms with van der Waals surface area (Å²) in [6, 6.07) is 0.819. The zero-order valence-electron chi connectivity index (χ0n) is 12.0. The Morgan fingerprint density at radius 2 is 1.72 bits per heavy atom. The SMILES string of the molecule is CC=CNC(C)NCCC[Si](OC)(OC)OC.Cl. The minimum atomic E-state index is -2.39. The highest BCUT2D eigenvalue weighted by Gasteiger charge is 2.36. The number of hydrogen-bond donors (Lipinski definition) is 2. The van der Waals surface area contributed by atoms with E-state index < -0.39 is 8.80 Å². The third-order valence-electron chi connectivity index (χ3n) is 2.56. The van der Waals surface area contributed by atoms with Crippen molar-refractivity contribution in [3.05, 3.63) is 12.3 Å². The number of rotatable bonds is 10. The van der Waals surface area contributed by atoms with Crippen LogP contribution >= 0.6 is 12.4 Å². The van der Waals surface area contributed by atoms with E-state index >= 15 is 0 Å². The maximum atomic E-state index is 5.35. The molecule has 0 rings (SSSR count). The van der Waals surface area contributed by atoms with Crippen LogP contribution in [0.5, 0.6) is 0 Å². The van der Waals surface area contributed by atoms with Crippen molar-refractivity contribution in [3.63, 3.8) is 0 Å². The van der Waals surface area contributed by atoms with Gasteiger partial charge in [0.25, 0.3) is 0 Å². The van der Waals surface area contributed by atoms with Crippen molar-refractivity contribution in [2.45, 2.75) is 32.5 Å². The average molecular weight is 299 g/mol. The van der Waals surface area contributed by atoms with E-state index in [4.69, 9.17) is 13.3 Å². The zero-order valence-corrected chi connectivity index (χ0v) is 13.8. The summed E-state index contributed by atoms with van der Waals surface area (Å²) in [6.07, 6.45) is 5.12. The van der Waals surface area contributed by atoms with Crippen molar-refractivity contribution < 1.29 is 13.3 Å². The Morgan fingerprint density at radius 1 is 1.17 bits per heavy atom. The van der Waals surface area contributed by atoms with Crippen LogP contribution in [0.15, 0.2) is 12.3 Å². The van der Waals surface area contributed by atoms with Crippen LogP contribution < -0.4 is 10.6 Å². The molecule has 0 aromatic carbocycles. The molecule has 0 aromatic heterocycles. The van der Waals surface area contributed by atoms with Crippen LogP contribution in [0.25, 0.3) is 0 Å². The highest BCUT2D eigenvalue weighted by atomic mass is 35.5. The summed E-state index contributed by atoms with van der Waals surface area (Å²) >= 11 is 0. The van der Waals surface area contributed by atoms with E-state index in [2.05, 4.69) is 17.6 Å². The second-order valence-corrected chi connectivity index (χ2v) is 6.83. The Kier molecular flexibility index (Phi) is 13.4. The van der Waals surface area contributed by atoms with Crippen LogP contribution in [0.4, 0.5) is 0 Å². The normalized spacial score (nSPS) is 13.4. The van der Waals surface area contributed by atoms with Crippen LogP contribution in [-0.4, -0.2) is 42.8 Å². The second-order valence-electron chi connectivity index (χ2n) is 3.74. The van der Waals surface area contributed by atoms with E-state index in [9.17, 15) is 0 Å². The molecule has 0 aliphatic carbocycles. The molecule has 0 bridgehead atoms. The molecule has 0 aromatic rings. The molecule has 0 saturated carbocycles. The fourth-order valence-electron chi connectivity index (χ4n) is 1.48. The monoisotopic (exact) mass is 298 g/mol. The summed E-state index contributed by atoms with van der Waals surface area (Å²) in [5.74, 6) is 0. The third-order valence-corrected chi connectivity index (χ3v) is 5.39. The van der Waals surface area contributed by atoms with Gasteiger partial charge in [0.05, 0.1) is 6.17 Å². The molecule has 0 saturated heterocycles. The van der Waals surface area contributed by atoms with E-state index in [0.29, 0.717) is 0 Å². The van der Waals surface area contributed by atoms with Gasteiger partial charge in [0, 0.05) is 27.4 Å². The van der Waals surface area contributed by atoms with E-state index in [-0.39, 0.29) is 18.6 Å². The maximum absolute atomic E-state index is 5.35. The summed E-state index contributed by atoms with van der Waals surface area (Å²) in [7, 11) is 2.54. The van der Waals surface area contributed by atoms with Crippen LogP contribution in [0, 0.1) is 0 Å². The molecule has 7 heteroatoms. The minimum absolute atomic E-state index is 0. The second kappa shape index (κ2) is 11.9. The van der Waals surface area contributed by atoms with Gasteiger partial charge in [-0.05, 0) is 33.0 Å². The van der Waals surface area contributed by atoms with Crippen LogP contribution in [0.3, 0.4) is 0 Å². The molecule has 1 atom stereocenters. The van der Waals surface area contributed by atoms with Crippen molar-refractivity contribution in [1.82, 2.24) is 10.6 Å². The molecule has 110 valence electrons. The fourth-order valence-corrected chi connectivity index (χ4v) is 3.20. The van der Waals surface area contributed by atoms with Gasteiger partial charge < -0.3 is 18.6 Å². The summed E-state index contributed by atoms with van der Waals surface area (Å²) < 4.78 is 16.0. The summed E-state index contributed by atoms with van der Waals surface area (Å²) in [5, 5.41) is 6.55. The van der Waals surface area contributed by atoms with Gasteiger partial charge in [-0.3, -0.25) is 5.32 Å². The molecule has 5 nitrogen and oxygen atoms in total. The first kappa shape index (κ1) is 20.2. The minimum Gasteiger partial charge on any atom is -0.377 e. The molecule has 2 N–H and O–H groups in total. The van der Waals surface area contributed by atoms with Crippen LogP contribution in [0.1, 0.15) is 20.3 Å². The van der Waals surface area contributed by atoms with Gasteiger partial charge in [0.2, 0.25) is 0 Å². The Morgan fingerprint density at radius 3 is 2.17 bits per heavy atom. The zero-order chi connectivity index (χ0) is 13.1. The summed E-state index contributed by atoms with van der Waals surface area (Å²) in [4.78, 5) is 0. The highest BCUT2D eigenvalue weighted by molar-refractivity contribution is 6.60. The summed E-state index contributed by atoms with van der Waals surface area (Å²) in [5.41, 5.74) is 0. The van der Waals surface area contributed by atoms with Gasteiger partial charge in [-0.2, -0.15) is 0 Å². The molecule has 0 amide bonds. The molecular weight excluding hydrogens is 272 g/mol. The fraction of sp³-hybridized carbons (Fsp3) is 0.818. The smallest absolute Gasteiger partial charge is 0.377 e. The van der Waals surface area contributed by atoms with Gasteiger partial charge in [0.15, 0.2) is 0 Å². The number of allylic oxidation sites excluding steroid dienone is 1. The number of hydrogen-bond acceptors (Lipinski definition) is 5. The van der Waals surface area contributed by atoms with Crippen molar-refractivity contribution in [1.29, 1.82) is 0 Å². The van der Waals surface area contributed by atoms with Gasteiger partial charge >= 0.3 is 8.80 Å². The van der Waals surface area contributed by atoms with Crippen LogP contribution in [0.2, 0.25) is 6.04 Å². The topological polar surface area (TPSA) is 51.8 Å². The van der Waals surface area contributed by atoms with Gasteiger partial charge in [0.1, 0.15) is 0 Å². The third kappa shape index (κ3) is 8.07. The lowest BCUT2D eigenvalue weighted by Gasteiger charge is -2.24. The Labute approximate surface area is 118 Å². The molecule has 0 radical (unpaired) electrons. The van der Waals surface area contributed by atoms with Crippen LogP contribution in [-0.2, 0) is 13.3 Å². The lowest BCUT2D eigenvalue weighted by molar-refractivity contribution is 0.123. The predicted octanol–water partition coefficient (Wildman–Crippen LogP) is 1.74. The molecular formula is C11H27ClN2O3Si. The molecule has 0 aliphatic rings. The van der Waals surface area contributed by atoms with E-state index in [0.717, 1.165) is 19.0 Å². The average Bonchev–Trinajstić information content (AvgIpc) is 2.37. The standard InChI is InChI=1S/C11H26N2O3Si.ClH/c1-6-8-12-11(2)13-9-7-10-17(14-3,15-4)16-5;/h6,8,11-13H,7,9-10H2,1-5H3;1H. The van der Waals surface area contributed by atoms with E-state index in [1.807, 2.05) is 19.2 Å². The first-order chi connectivity index (χ1) is 8.14. The quantitative estimate of drug-likeness (QED) is 0.365. The predicted molar refractivity (Wildman–Crippen MR) is 78.9 cm³/mol. The molecule has 0 fully saturated rings. The first-order valence-electron chi connectivity index (χ1n) is 5.90. The number of nitrogens with one attached hydrogen (secondary N) is 2. The highest BCUT2D eigenvalue weighted by Crippen LogP contribution is 2.14. The van der Waals surface area contributed by atoms with E-state index in [1.165, 1.54) is 0 Å². The lowest BCUT2D eigenvalue weighted by Crippen LogP contribution is -2.44. The lowest BCUT2D eigenvalue weighted by atomic mass is 10.4. The molecule has 0 heterocycles. The Bertz CT molecular complexity index is 208. The summed E-state index contributed by atoms with van der Waals surface area (Å²) in [6.45, 7) is 4.96. The van der Waals surface area contributed by atoms with Crippen molar-refractivity contribution in [2.24, 2.45) is 0 Å². The molecule has 1 unspecified atom stereocenters. The van der Waals surface area contributed by atoms with Crippen molar-refractivity contribution >= 4 is 21.2 Å². The van der Waals surface area contributed by atoms with Gasteiger partial charge in [-0.1, -0.05) is 6.08 Å². The maximum Gasteiger partial charge on any atom is 0.500 e. The molecule has 0 spiro atoms. The molecule has 18 heavy (non-hydrogen) atoms. The Hall–Kier alpha value is -0.113. The number of halogens is 1.